The minimum absolute atomic E-state index is 0.00111. The number of aromatic hydroxyl groups is 2. The Morgan fingerprint density at radius 3 is 2.77 bits per heavy atom. The van der Waals surface area contributed by atoms with Gasteiger partial charge in [-0.3, -0.25) is 4.79 Å². The number of hydrogen-bond acceptors (Lipinski definition) is 4. The second-order valence-electron chi connectivity index (χ2n) is 4.71. The lowest BCUT2D eigenvalue weighted by Gasteiger charge is -2.00. The van der Waals surface area contributed by atoms with Gasteiger partial charge in [-0.05, 0) is 30.3 Å². The topological polar surface area (TPSA) is 97.7 Å². The van der Waals surface area contributed by atoms with E-state index in [1.165, 1.54) is 24.4 Å². The minimum atomic E-state index is -0.396. The molecule has 6 nitrogen and oxygen atoms in total. The van der Waals surface area contributed by atoms with Crippen molar-refractivity contribution in [2.75, 3.05) is 0 Å². The molecule has 0 spiro atoms. The molecule has 0 aliphatic heterocycles. The molecule has 3 rings (SSSR count). The third-order valence-corrected chi connectivity index (χ3v) is 3.16. The van der Waals surface area contributed by atoms with E-state index in [0.717, 1.165) is 10.9 Å². The van der Waals surface area contributed by atoms with Crippen LogP contribution in [0.25, 0.3) is 10.9 Å². The van der Waals surface area contributed by atoms with Gasteiger partial charge in [-0.25, -0.2) is 5.43 Å². The van der Waals surface area contributed by atoms with E-state index in [0.29, 0.717) is 11.3 Å². The van der Waals surface area contributed by atoms with E-state index in [1.54, 1.807) is 6.07 Å². The molecule has 0 aliphatic carbocycles. The second kappa shape index (κ2) is 5.61. The Morgan fingerprint density at radius 2 is 1.95 bits per heavy atom. The summed E-state index contributed by atoms with van der Waals surface area (Å²) in [5.74, 6) is -0.435. The van der Waals surface area contributed by atoms with Gasteiger partial charge in [0, 0.05) is 16.5 Å². The maximum absolute atomic E-state index is 12.0. The number of amides is 1. The van der Waals surface area contributed by atoms with Crippen molar-refractivity contribution in [2.24, 2.45) is 5.10 Å². The molecule has 4 N–H and O–H groups in total. The quantitative estimate of drug-likeness (QED) is 0.339. The molecular formula is C16H13N3O3. The first kappa shape index (κ1) is 13.7. The summed E-state index contributed by atoms with van der Waals surface area (Å²) in [5.41, 5.74) is 3.92. The summed E-state index contributed by atoms with van der Waals surface area (Å²) in [6.07, 6.45) is 1.26. The molecule has 1 heterocycles. The summed E-state index contributed by atoms with van der Waals surface area (Å²) in [6, 6.07) is 13.3. The molecule has 1 aromatic heterocycles. The van der Waals surface area contributed by atoms with E-state index in [-0.39, 0.29) is 11.5 Å². The van der Waals surface area contributed by atoms with Crippen molar-refractivity contribution in [1.29, 1.82) is 0 Å². The molecule has 3 aromatic rings. The van der Waals surface area contributed by atoms with Gasteiger partial charge in [0.05, 0.1) is 6.21 Å². The molecular weight excluding hydrogens is 282 g/mol. The van der Waals surface area contributed by atoms with E-state index >= 15 is 0 Å². The van der Waals surface area contributed by atoms with Crippen molar-refractivity contribution in [1.82, 2.24) is 10.4 Å². The first-order valence-electron chi connectivity index (χ1n) is 6.56. The molecule has 0 saturated heterocycles. The SMILES string of the molecule is O=C(NN=Cc1cc(O)ccc1O)c1cc2ccccc2[nH]1. The minimum Gasteiger partial charge on any atom is -0.508 e. The fourth-order valence-corrected chi connectivity index (χ4v) is 2.06. The summed E-state index contributed by atoms with van der Waals surface area (Å²) >= 11 is 0. The zero-order valence-corrected chi connectivity index (χ0v) is 11.4. The summed E-state index contributed by atoms with van der Waals surface area (Å²) < 4.78 is 0. The van der Waals surface area contributed by atoms with Gasteiger partial charge in [0.2, 0.25) is 0 Å². The standard InChI is InChI=1S/C16H13N3O3/c20-12-5-6-15(21)11(7-12)9-17-19-16(22)14-8-10-3-1-2-4-13(10)18-14/h1-9,18,20-21H,(H,19,22). The fourth-order valence-electron chi connectivity index (χ4n) is 2.06. The highest BCUT2D eigenvalue weighted by Crippen LogP contribution is 2.20. The molecule has 0 bridgehead atoms. The van der Waals surface area contributed by atoms with Crippen LogP contribution in [0.2, 0.25) is 0 Å². The molecule has 22 heavy (non-hydrogen) atoms. The molecule has 2 aromatic carbocycles. The van der Waals surface area contributed by atoms with Crippen molar-refractivity contribution in [2.45, 2.75) is 0 Å². The lowest BCUT2D eigenvalue weighted by molar-refractivity contribution is 0.0951. The van der Waals surface area contributed by atoms with Gasteiger partial charge in [0.1, 0.15) is 17.2 Å². The van der Waals surface area contributed by atoms with Gasteiger partial charge >= 0.3 is 0 Å². The molecule has 0 unspecified atom stereocenters. The summed E-state index contributed by atoms with van der Waals surface area (Å²) in [7, 11) is 0. The number of phenols is 2. The first-order valence-corrected chi connectivity index (χ1v) is 6.56. The van der Waals surface area contributed by atoms with Gasteiger partial charge in [-0.2, -0.15) is 5.10 Å². The van der Waals surface area contributed by atoms with Crippen LogP contribution >= 0.6 is 0 Å². The molecule has 6 heteroatoms. The maximum atomic E-state index is 12.0. The number of hydrazone groups is 1. The van der Waals surface area contributed by atoms with Gasteiger partial charge in [-0.1, -0.05) is 18.2 Å². The predicted molar refractivity (Wildman–Crippen MR) is 83.1 cm³/mol. The average molecular weight is 295 g/mol. The van der Waals surface area contributed by atoms with Crippen LogP contribution in [-0.2, 0) is 0 Å². The monoisotopic (exact) mass is 295 g/mol. The first-order chi connectivity index (χ1) is 10.6. The van der Waals surface area contributed by atoms with E-state index in [9.17, 15) is 15.0 Å². The Morgan fingerprint density at radius 1 is 1.14 bits per heavy atom. The number of para-hydroxylation sites is 1. The van der Waals surface area contributed by atoms with Gasteiger partial charge in [-0.15, -0.1) is 0 Å². The predicted octanol–water partition coefficient (Wildman–Crippen LogP) is 2.34. The number of aromatic nitrogens is 1. The van der Waals surface area contributed by atoms with Crippen molar-refractivity contribution in [3.8, 4) is 11.5 Å². The maximum Gasteiger partial charge on any atom is 0.287 e. The van der Waals surface area contributed by atoms with Crippen LogP contribution in [0.1, 0.15) is 16.1 Å². The number of benzene rings is 2. The van der Waals surface area contributed by atoms with Crippen LogP contribution in [0.15, 0.2) is 53.6 Å². The Balaban J connectivity index is 1.74. The number of aromatic amines is 1. The van der Waals surface area contributed by atoms with E-state index in [4.69, 9.17) is 0 Å². The fraction of sp³-hybridized carbons (Fsp3) is 0. The Bertz CT molecular complexity index is 835. The molecule has 0 fully saturated rings. The smallest absolute Gasteiger partial charge is 0.287 e. The molecule has 0 aliphatic rings. The number of fused-ring (bicyclic) bond motifs is 1. The zero-order chi connectivity index (χ0) is 15.5. The average Bonchev–Trinajstić information content (AvgIpc) is 2.94. The van der Waals surface area contributed by atoms with Crippen molar-refractivity contribution in [3.05, 3.63) is 59.8 Å². The number of carbonyl (C=O) groups excluding carboxylic acids is 1. The molecule has 1 amide bonds. The van der Waals surface area contributed by atoms with Crippen molar-refractivity contribution < 1.29 is 15.0 Å². The highest BCUT2D eigenvalue weighted by molar-refractivity contribution is 5.98. The number of hydrogen-bond donors (Lipinski definition) is 4. The van der Waals surface area contributed by atoms with Crippen molar-refractivity contribution in [3.63, 3.8) is 0 Å². The number of rotatable bonds is 3. The summed E-state index contributed by atoms with van der Waals surface area (Å²) in [4.78, 5) is 15.0. The molecule has 0 radical (unpaired) electrons. The zero-order valence-electron chi connectivity index (χ0n) is 11.4. The second-order valence-corrected chi connectivity index (χ2v) is 4.71. The molecule has 0 atom stereocenters. The van der Waals surface area contributed by atoms with E-state index in [2.05, 4.69) is 15.5 Å². The molecule has 110 valence electrons. The van der Waals surface area contributed by atoms with Gasteiger partial charge < -0.3 is 15.2 Å². The number of H-pyrrole nitrogens is 1. The third-order valence-electron chi connectivity index (χ3n) is 3.16. The number of nitrogens with one attached hydrogen (secondary N) is 2. The van der Waals surface area contributed by atoms with Crippen LogP contribution in [0, 0.1) is 0 Å². The number of phenolic OH excluding ortho intramolecular Hbond substituents is 2. The van der Waals surface area contributed by atoms with E-state index < -0.39 is 5.91 Å². The summed E-state index contributed by atoms with van der Waals surface area (Å²) in [6.45, 7) is 0. The van der Waals surface area contributed by atoms with Crippen LogP contribution in [-0.4, -0.2) is 27.3 Å². The third kappa shape index (κ3) is 2.76. The molecule has 0 saturated carbocycles. The number of carbonyl (C=O) groups is 1. The normalized spacial score (nSPS) is 11.1. The van der Waals surface area contributed by atoms with Crippen LogP contribution in [0.3, 0.4) is 0 Å². The van der Waals surface area contributed by atoms with Crippen LogP contribution in [0.5, 0.6) is 11.5 Å². The van der Waals surface area contributed by atoms with Crippen LogP contribution in [0.4, 0.5) is 0 Å². The largest absolute Gasteiger partial charge is 0.508 e. The highest BCUT2D eigenvalue weighted by atomic mass is 16.3. The van der Waals surface area contributed by atoms with Crippen LogP contribution < -0.4 is 5.43 Å². The van der Waals surface area contributed by atoms with E-state index in [1.807, 2.05) is 24.3 Å². The lowest BCUT2D eigenvalue weighted by Crippen LogP contribution is -2.17. The Kier molecular flexibility index (Phi) is 3.49. The van der Waals surface area contributed by atoms with Crippen molar-refractivity contribution >= 4 is 23.0 Å². The lowest BCUT2D eigenvalue weighted by atomic mass is 10.2. The Hall–Kier alpha value is -3.28. The van der Waals surface area contributed by atoms with Gasteiger partial charge in [0.15, 0.2) is 0 Å². The highest BCUT2D eigenvalue weighted by Gasteiger charge is 2.08. The number of nitrogens with zero attached hydrogens (tertiary/aromatic N) is 1. The Labute approximate surface area is 125 Å². The summed E-state index contributed by atoms with van der Waals surface area (Å²) in [5, 5.41) is 23.6. The van der Waals surface area contributed by atoms with Gasteiger partial charge in [0.25, 0.3) is 5.91 Å².